The summed E-state index contributed by atoms with van der Waals surface area (Å²) in [6, 6.07) is 7.67. The van der Waals surface area contributed by atoms with Crippen LogP contribution in [0.3, 0.4) is 0 Å². The lowest BCUT2D eigenvalue weighted by molar-refractivity contribution is -0.141. The van der Waals surface area contributed by atoms with Crippen molar-refractivity contribution in [3.8, 4) is 0 Å². The van der Waals surface area contributed by atoms with Crippen molar-refractivity contribution in [2.45, 2.75) is 26.2 Å². The van der Waals surface area contributed by atoms with Crippen LogP contribution in [-0.4, -0.2) is 18.9 Å². The van der Waals surface area contributed by atoms with Crippen molar-refractivity contribution in [2.24, 2.45) is 5.41 Å². The van der Waals surface area contributed by atoms with Crippen molar-refractivity contribution in [3.05, 3.63) is 35.4 Å². The second-order valence-electron chi connectivity index (χ2n) is 4.80. The topological polar surface area (TPSA) is 43.4 Å². The molecule has 0 bridgehead atoms. The molecule has 0 fully saturated rings. The standard InChI is InChI=1S/C14H16O3/c1-14(8-7-12(15)17-2)9-10-5-3-4-6-11(10)13(14)16/h3-6H,7-9H2,1-2H3. The number of hydrogen-bond acceptors (Lipinski definition) is 3. The summed E-state index contributed by atoms with van der Waals surface area (Å²) in [5, 5.41) is 0. The summed E-state index contributed by atoms with van der Waals surface area (Å²) in [4.78, 5) is 23.4. The van der Waals surface area contributed by atoms with Crippen LogP contribution in [-0.2, 0) is 16.0 Å². The van der Waals surface area contributed by atoms with Crippen LogP contribution in [0.5, 0.6) is 0 Å². The molecule has 0 spiro atoms. The molecule has 0 amide bonds. The molecule has 3 nitrogen and oxygen atoms in total. The molecule has 1 atom stereocenters. The Labute approximate surface area is 101 Å². The number of carbonyl (C=O) groups is 2. The number of ketones is 1. The number of methoxy groups -OCH3 is 1. The molecule has 3 heteroatoms. The van der Waals surface area contributed by atoms with Crippen molar-refractivity contribution >= 4 is 11.8 Å². The summed E-state index contributed by atoms with van der Waals surface area (Å²) >= 11 is 0. The van der Waals surface area contributed by atoms with E-state index in [0.29, 0.717) is 12.8 Å². The van der Waals surface area contributed by atoms with Gasteiger partial charge in [0.25, 0.3) is 0 Å². The van der Waals surface area contributed by atoms with Gasteiger partial charge in [-0.25, -0.2) is 0 Å². The molecular formula is C14H16O3. The minimum atomic E-state index is -0.447. The molecule has 1 unspecified atom stereocenters. The van der Waals surface area contributed by atoms with E-state index in [-0.39, 0.29) is 11.8 Å². The van der Waals surface area contributed by atoms with E-state index in [1.807, 2.05) is 31.2 Å². The van der Waals surface area contributed by atoms with Crippen molar-refractivity contribution < 1.29 is 14.3 Å². The third kappa shape index (κ3) is 2.09. The number of esters is 1. The predicted molar refractivity (Wildman–Crippen MR) is 63.8 cm³/mol. The van der Waals surface area contributed by atoms with Crippen LogP contribution >= 0.6 is 0 Å². The van der Waals surface area contributed by atoms with Crippen molar-refractivity contribution in [1.29, 1.82) is 0 Å². The smallest absolute Gasteiger partial charge is 0.305 e. The first kappa shape index (κ1) is 11.8. The SMILES string of the molecule is COC(=O)CCC1(C)Cc2ccccc2C1=O. The minimum Gasteiger partial charge on any atom is -0.469 e. The molecular weight excluding hydrogens is 216 g/mol. The second kappa shape index (κ2) is 4.32. The molecule has 1 aromatic carbocycles. The van der Waals surface area contributed by atoms with Gasteiger partial charge >= 0.3 is 5.97 Å². The van der Waals surface area contributed by atoms with E-state index in [9.17, 15) is 9.59 Å². The molecule has 2 rings (SSSR count). The molecule has 90 valence electrons. The predicted octanol–water partition coefficient (Wildman–Crippen LogP) is 2.38. The average molecular weight is 232 g/mol. The Morgan fingerprint density at radius 1 is 1.41 bits per heavy atom. The number of fused-ring (bicyclic) bond motifs is 1. The maximum atomic E-state index is 12.3. The molecule has 17 heavy (non-hydrogen) atoms. The van der Waals surface area contributed by atoms with Crippen LogP contribution in [0.2, 0.25) is 0 Å². The van der Waals surface area contributed by atoms with E-state index in [1.54, 1.807) is 0 Å². The van der Waals surface area contributed by atoms with Gasteiger partial charge in [0.05, 0.1) is 7.11 Å². The fraction of sp³-hybridized carbons (Fsp3) is 0.429. The Morgan fingerprint density at radius 3 is 2.76 bits per heavy atom. The lowest BCUT2D eigenvalue weighted by Crippen LogP contribution is -2.25. The minimum absolute atomic E-state index is 0.150. The Morgan fingerprint density at radius 2 is 2.12 bits per heavy atom. The monoisotopic (exact) mass is 232 g/mol. The zero-order chi connectivity index (χ0) is 12.5. The molecule has 1 aliphatic carbocycles. The van der Waals surface area contributed by atoms with Crippen LogP contribution in [0.15, 0.2) is 24.3 Å². The highest BCUT2D eigenvalue weighted by molar-refractivity contribution is 6.04. The largest absolute Gasteiger partial charge is 0.469 e. The van der Waals surface area contributed by atoms with E-state index >= 15 is 0 Å². The van der Waals surface area contributed by atoms with Gasteiger partial charge in [0, 0.05) is 17.4 Å². The molecule has 1 aliphatic rings. The normalized spacial score (nSPS) is 22.4. The van der Waals surface area contributed by atoms with E-state index < -0.39 is 5.41 Å². The zero-order valence-corrected chi connectivity index (χ0v) is 10.2. The Bertz CT molecular complexity index is 464. The van der Waals surface area contributed by atoms with Crippen molar-refractivity contribution in [1.82, 2.24) is 0 Å². The Kier molecular flexibility index (Phi) is 3.01. The molecule has 0 saturated heterocycles. The molecule has 0 radical (unpaired) electrons. The lowest BCUT2D eigenvalue weighted by Gasteiger charge is -2.20. The summed E-state index contributed by atoms with van der Waals surface area (Å²) < 4.78 is 4.62. The van der Waals surface area contributed by atoms with Crippen LogP contribution in [0.1, 0.15) is 35.7 Å². The fourth-order valence-electron chi connectivity index (χ4n) is 2.40. The van der Waals surface area contributed by atoms with E-state index in [0.717, 1.165) is 17.5 Å². The first-order chi connectivity index (χ1) is 8.07. The number of benzene rings is 1. The molecule has 0 aromatic heterocycles. The average Bonchev–Trinajstić information content (AvgIpc) is 2.60. The van der Waals surface area contributed by atoms with Gasteiger partial charge in [0.15, 0.2) is 5.78 Å². The lowest BCUT2D eigenvalue weighted by atomic mass is 9.81. The summed E-state index contributed by atoms with van der Waals surface area (Å²) in [6.45, 7) is 1.93. The highest BCUT2D eigenvalue weighted by Gasteiger charge is 2.41. The van der Waals surface area contributed by atoms with E-state index in [1.165, 1.54) is 7.11 Å². The summed E-state index contributed by atoms with van der Waals surface area (Å²) in [5.74, 6) is -0.105. The maximum Gasteiger partial charge on any atom is 0.305 e. The van der Waals surface area contributed by atoms with Crippen molar-refractivity contribution in [2.75, 3.05) is 7.11 Å². The van der Waals surface area contributed by atoms with Gasteiger partial charge < -0.3 is 4.74 Å². The number of carbonyl (C=O) groups excluding carboxylic acids is 2. The third-order valence-electron chi connectivity index (χ3n) is 3.50. The summed E-state index contributed by atoms with van der Waals surface area (Å²) in [7, 11) is 1.37. The summed E-state index contributed by atoms with van der Waals surface area (Å²) in [6.07, 6.45) is 1.57. The van der Waals surface area contributed by atoms with Gasteiger partial charge in [-0.1, -0.05) is 31.2 Å². The van der Waals surface area contributed by atoms with Gasteiger partial charge in [-0.15, -0.1) is 0 Å². The molecule has 0 saturated carbocycles. The second-order valence-corrected chi connectivity index (χ2v) is 4.80. The van der Waals surface area contributed by atoms with Gasteiger partial charge in [-0.2, -0.15) is 0 Å². The van der Waals surface area contributed by atoms with Crippen LogP contribution in [0, 0.1) is 5.41 Å². The molecule has 0 N–H and O–H groups in total. The highest BCUT2D eigenvalue weighted by atomic mass is 16.5. The van der Waals surface area contributed by atoms with Gasteiger partial charge in [-0.3, -0.25) is 9.59 Å². The number of ether oxygens (including phenoxy) is 1. The zero-order valence-electron chi connectivity index (χ0n) is 10.2. The first-order valence-corrected chi connectivity index (χ1v) is 5.76. The maximum absolute atomic E-state index is 12.3. The van der Waals surface area contributed by atoms with E-state index in [2.05, 4.69) is 4.74 Å². The van der Waals surface area contributed by atoms with Gasteiger partial charge in [0.1, 0.15) is 0 Å². The number of Topliss-reactive ketones (excluding diaryl/α,β-unsaturated/α-hetero) is 1. The van der Waals surface area contributed by atoms with Gasteiger partial charge in [0.2, 0.25) is 0 Å². The number of rotatable bonds is 3. The van der Waals surface area contributed by atoms with E-state index in [4.69, 9.17) is 0 Å². The molecule has 1 aromatic rings. The third-order valence-corrected chi connectivity index (χ3v) is 3.50. The van der Waals surface area contributed by atoms with Crippen molar-refractivity contribution in [3.63, 3.8) is 0 Å². The highest BCUT2D eigenvalue weighted by Crippen LogP contribution is 2.39. The molecule has 0 aliphatic heterocycles. The molecule has 0 heterocycles. The van der Waals surface area contributed by atoms with Crippen LogP contribution in [0.25, 0.3) is 0 Å². The van der Waals surface area contributed by atoms with Crippen LogP contribution < -0.4 is 0 Å². The first-order valence-electron chi connectivity index (χ1n) is 5.76. The van der Waals surface area contributed by atoms with Gasteiger partial charge in [-0.05, 0) is 18.4 Å². The number of hydrogen-bond donors (Lipinski definition) is 0. The van der Waals surface area contributed by atoms with Crippen LogP contribution in [0.4, 0.5) is 0 Å². The summed E-state index contributed by atoms with van der Waals surface area (Å²) in [5.41, 5.74) is 1.45. The Hall–Kier alpha value is -1.64. The fourth-order valence-corrected chi connectivity index (χ4v) is 2.40. The quantitative estimate of drug-likeness (QED) is 0.751. The Balaban J connectivity index is 2.15.